The highest BCUT2D eigenvalue weighted by Crippen LogP contribution is 2.21. The van der Waals surface area contributed by atoms with E-state index in [9.17, 15) is 0 Å². The van der Waals surface area contributed by atoms with E-state index in [2.05, 4.69) is 24.4 Å². The summed E-state index contributed by atoms with van der Waals surface area (Å²) in [6, 6.07) is 8.63. The van der Waals surface area contributed by atoms with E-state index in [1.165, 1.54) is 24.8 Å². The summed E-state index contributed by atoms with van der Waals surface area (Å²) in [5.41, 5.74) is 1.33. The first kappa shape index (κ1) is 14.8. The van der Waals surface area contributed by atoms with Crippen LogP contribution in [0.3, 0.4) is 0 Å². The summed E-state index contributed by atoms with van der Waals surface area (Å²) < 4.78 is 5.66. The molecule has 1 aliphatic heterocycles. The Hall–Kier alpha value is -0.570. The average molecular weight is 282 g/mol. The first-order valence-electron chi connectivity index (χ1n) is 7.40. The van der Waals surface area contributed by atoms with Gasteiger partial charge >= 0.3 is 0 Å². The fourth-order valence-electron chi connectivity index (χ4n) is 2.66. The molecule has 1 heterocycles. The van der Waals surface area contributed by atoms with Crippen molar-refractivity contribution in [3.8, 4) is 0 Å². The summed E-state index contributed by atoms with van der Waals surface area (Å²) in [6.45, 7) is 4.20. The van der Waals surface area contributed by atoms with Crippen LogP contribution < -0.4 is 5.32 Å². The van der Waals surface area contributed by atoms with Gasteiger partial charge in [-0.15, -0.1) is 0 Å². The number of nitrogens with one attached hydrogen (secondary N) is 1. The predicted molar refractivity (Wildman–Crippen MR) is 80.7 cm³/mol. The minimum absolute atomic E-state index is 0.434. The van der Waals surface area contributed by atoms with Crippen LogP contribution in [-0.2, 0) is 4.74 Å². The van der Waals surface area contributed by atoms with Crippen molar-refractivity contribution in [2.45, 2.75) is 51.2 Å². The van der Waals surface area contributed by atoms with Crippen LogP contribution in [0.15, 0.2) is 24.3 Å². The van der Waals surface area contributed by atoms with Gasteiger partial charge in [-0.05, 0) is 49.9 Å². The molecule has 0 saturated carbocycles. The van der Waals surface area contributed by atoms with E-state index < -0.39 is 0 Å². The Morgan fingerprint density at radius 3 is 2.79 bits per heavy atom. The van der Waals surface area contributed by atoms with Crippen molar-refractivity contribution in [3.63, 3.8) is 0 Å². The summed E-state index contributed by atoms with van der Waals surface area (Å²) in [5, 5.41) is 4.46. The Balaban J connectivity index is 1.82. The Kier molecular flexibility index (Phi) is 6.15. The van der Waals surface area contributed by atoms with Gasteiger partial charge in [-0.25, -0.2) is 0 Å². The molecule has 19 heavy (non-hydrogen) atoms. The van der Waals surface area contributed by atoms with Crippen molar-refractivity contribution in [1.82, 2.24) is 5.32 Å². The molecular formula is C16H24ClNO. The Morgan fingerprint density at radius 2 is 2.16 bits per heavy atom. The number of ether oxygens (including phenoxy) is 1. The van der Waals surface area contributed by atoms with Crippen LogP contribution in [0.4, 0.5) is 0 Å². The van der Waals surface area contributed by atoms with Gasteiger partial charge in [0.1, 0.15) is 0 Å². The highest BCUT2D eigenvalue weighted by molar-refractivity contribution is 6.30. The SMILES string of the molecule is CCCC(NCCC1CCCO1)c1ccc(Cl)cc1. The van der Waals surface area contributed by atoms with E-state index in [1.807, 2.05) is 12.1 Å². The molecule has 0 aromatic heterocycles. The van der Waals surface area contributed by atoms with E-state index in [-0.39, 0.29) is 0 Å². The molecule has 2 atom stereocenters. The van der Waals surface area contributed by atoms with Crippen LogP contribution in [0.25, 0.3) is 0 Å². The third-order valence-electron chi connectivity index (χ3n) is 3.73. The summed E-state index contributed by atoms with van der Waals surface area (Å²) in [4.78, 5) is 0. The molecule has 2 nitrogen and oxygen atoms in total. The van der Waals surface area contributed by atoms with Crippen LogP contribution >= 0.6 is 11.6 Å². The molecular weight excluding hydrogens is 258 g/mol. The maximum atomic E-state index is 5.95. The predicted octanol–water partition coefficient (Wildman–Crippen LogP) is 4.34. The topological polar surface area (TPSA) is 21.3 Å². The molecule has 0 amide bonds. The number of hydrogen-bond acceptors (Lipinski definition) is 2. The molecule has 0 bridgehead atoms. The fourth-order valence-corrected chi connectivity index (χ4v) is 2.79. The second kappa shape index (κ2) is 7.88. The smallest absolute Gasteiger partial charge is 0.0588 e. The molecule has 106 valence electrons. The second-order valence-corrected chi connectivity index (χ2v) is 5.71. The zero-order chi connectivity index (χ0) is 13.5. The minimum Gasteiger partial charge on any atom is -0.378 e. The van der Waals surface area contributed by atoms with E-state index in [0.717, 1.165) is 31.0 Å². The van der Waals surface area contributed by atoms with E-state index in [1.54, 1.807) is 0 Å². The van der Waals surface area contributed by atoms with Gasteiger partial charge in [0.15, 0.2) is 0 Å². The van der Waals surface area contributed by atoms with Crippen LogP contribution in [0.5, 0.6) is 0 Å². The lowest BCUT2D eigenvalue weighted by Crippen LogP contribution is -2.25. The van der Waals surface area contributed by atoms with Gasteiger partial charge in [-0.2, -0.15) is 0 Å². The maximum absolute atomic E-state index is 5.95. The monoisotopic (exact) mass is 281 g/mol. The standard InChI is InChI=1S/C16H24ClNO/c1-2-4-16(13-6-8-14(17)9-7-13)18-11-10-15-5-3-12-19-15/h6-9,15-16,18H,2-5,10-12H2,1H3. The quantitative estimate of drug-likeness (QED) is 0.803. The average Bonchev–Trinajstić information content (AvgIpc) is 2.92. The lowest BCUT2D eigenvalue weighted by Gasteiger charge is -2.20. The summed E-state index contributed by atoms with van der Waals surface area (Å²) in [5.74, 6) is 0. The van der Waals surface area contributed by atoms with Crippen LogP contribution in [-0.4, -0.2) is 19.3 Å². The molecule has 1 aromatic carbocycles. The summed E-state index contributed by atoms with van der Waals surface area (Å²) in [6.07, 6.45) is 6.38. The van der Waals surface area contributed by atoms with Crippen molar-refractivity contribution in [3.05, 3.63) is 34.9 Å². The molecule has 0 radical (unpaired) electrons. The molecule has 3 heteroatoms. The summed E-state index contributed by atoms with van der Waals surface area (Å²) in [7, 11) is 0. The van der Waals surface area contributed by atoms with E-state index in [0.29, 0.717) is 12.1 Å². The van der Waals surface area contributed by atoms with Gasteiger partial charge in [-0.1, -0.05) is 37.1 Å². The third kappa shape index (κ3) is 4.79. The molecule has 2 rings (SSSR count). The highest BCUT2D eigenvalue weighted by atomic mass is 35.5. The summed E-state index contributed by atoms with van der Waals surface area (Å²) >= 11 is 5.95. The second-order valence-electron chi connectivity index (χ2n) is 5.27. The van der Waals surface area contributed by atoms with Crippen molar-refractivity contribution in [1.29, 1.82) is 0 Å². The van der Waals surface area contributed by atoms with E-state index >= 15 is 0 Å². The molecule has 1 N–H and O–H groups in total. The Bertz CT molecular complexity index is 360. The van der Waals surface area contributed by atoms with Gasteiger partial charge in [-0.3, -0.25) is 0 Å². The van der Waals surface area contributed by atoms with Crippen molar-refractivity contribution in [2.24, 2.45) is 0 Å². The van der Waals surface area contributed by atoms with Gasteiger partial charge in [0.2, 0.25) is 0 Å². The van der Waals surface area contributed by atoms with Crippen LogP contribution in [0, 0.1) is 0 Å². The normalized spacial score (nSPS) is 20.6. The molecule has 0 aliphatic carbocycles. The first-order valence-corrected chi connectivity index (χ1v) is 7.78. The highest BCUT2D eigenvalue weighted by Gasteiger charge is 2.16. The molecule has 1 saturated heterocycles. The lowest BCUT2D eigenvalue weighted by molar-refractivity contribution is 0.103. The fraction of sp³-hybridized carbons (Fsp3) is 0.625. The molecule has 1 fully saturated rings. The van der Waals surface area contributed by atoms with Gasteiger partial charge in [0.25, 0.3) is 0 Å². The number of halogens is 1. The Morgan fingerprint density at radius 1 is 1.37 bits per heavy atom. The van der Waals surface area contributed by atoms with E-state index in [4.69, 9.17) is 16.3 Å². The number of benzene rings is 1. The first-order chi connectivity index (χ1) is 9.29. The molecule has 2 unspecified atom stereocenters. The van der Waals surface area contributed by atoms with Gasteiger partial charge in [0.05, 0.1) is 6.10 Å². The number of hydrogen-bond donors (Lipinski definition) is 1. The Labute approximate surface area is 121 Å². The third-order valence-corrected chi connectivity index (χ3v) is 3.98. The van der Waals surface area contributed by atoms with Crippen LogP contribution in [0.2, 0.25) is 5.02 Å². The maximum Gasteiger partial charge on any atom is 0.0588 e. The molecule has 1 aromatic rings. The van der Waals surface area contributed by atoms with Crippen molar-refractivity contribution in [2.75, 3.05) is 13.2 Å². The van der Waals surface area contributed by atoms with Crippen LogP contribution in [0.1, 0.15) is 50.6 Å². The van der Waals surface area contributed by atoms with Crippen molar-refractivity contribution < 1.29 is 4.74 Å². The largest absolute Gasteiger partial charge is 0.378 e. The van der Waals surface area contributed by atoms with Crippen molar-refractivity contribution >= 4 is 11.6 Å². The molecule has 1 aliphatic rings. The van der Waals surface area contributed by atoms with Gasteiger partial charge < -0.3 is 10.1 Å². The minimum atomic E-state index is 0.434. The zero-order valence-electron chi connectivity index (χ0n) is 11.7. The molecule has 0 spiro atoms. The lowest BCUT2D eigenvalue weighted by atomic mass is 10.0. The number of rotatable bonds is 7. The van der Waals surface area contributed by atoms with Gasteiger partial charge in [0, 0.05) is 17.7 Å². The zero-order valence-corrected chi connectivity index (χ0v) is 12.5.